The number of rotatable bonds is 4. The highest BCUT2D eigenvalue weighted by atomic mass is 19.1. The molecule has 10 nitrogen and oxygen atoms in total. The number of aromatic nitrogens is 2. The number of halogens is 1. The average Bonchev–Trinajstić information content (AvgIpc) is 3.22. The third kappa shape index (κ3) is 5.47. The fraction of sp³-hybridized carbons (Fsp3) is 0.452. The third-order valence-electron chi connectivity index (χ3n) is 8.30. The van der Waals surface area contributed by atoms with Gasteiger partial charge in [-0.05, 0) is 70.0 Å². The standard InChI is InChI=1S/C31H38FN7O3/c1-31(2,3)42-30(41)37-14-12-36(13-15-37)26-16-20(10-11-24(26)32)39-21-8-9-22(39)19-38(18-21)27-17-25(34-35-29(27)33)23-6-4-5-7-28(23)40/h4-7,10-11,16-17,21-22,40H,8-9,12-15,18-19H2,1-3H3,(H2,33,35). The second kappa shape index (κ2) is 10.8. The molecule has 3 N–H and O–H groups in total. The van der Waals surface area contributed by atoms with Gasteiger partial charge in [-0.15, -0.1) is 10.2 Å². The number of carbonyl (C=O) groups excluding carboxylic acids is 1. The van der Waals surface area contributed by atoms with Crippen LogP contribution in [0.3, 0.4) is 0 Å². The van der Waals surface area contributed by atoms with Crippen molar-refractivity contribution >= 4 is 29.0 Å². The summed E-state index contributed by atoms with van der Waals surface area (Å²) in [6.07, 6.45) is 1.71. The Bertz CT molecular complexity index is 1460. The molecule has 2 bridgehead atoms. The van der Waals surface area contributed by atoms with Crippen LogP contribution in [0.2, 0.25) is 0 Å². The highest BCUT2D eigenvalue weighted by Crippen LogP contribution is 2.40. The van der Waals surface area contributed by atoms with E-state index in [0.717, 1.165) is 37.3 Å². The minimum Gasteiger partial charge on any atom is -0.507 e. The van der Waals surface area contributed by atoms with Crippen molar-refractivity contribution < 1.29 is 19.0 Å². The van der Waals surface area contributed by atoms with Crippen LogP contribution in [-0.4, -0.2) is 83.3 Å². The van der Waals surface area contributed by atoms with Crippen molar-refractivity contribution in [3.8, 4) is 17.0 Å². The number of benzene rings is 2. The molecule has 2 aromatic carbocycles. The summed E-state index contributed by atoms with van der Waals surface area (Å²) in [6.45, 7) is 9.07. The molecule has 1 amide bonds. The molecule has 3 fully saturated rings. The van der Waals surface area contributed by atoms with Crippen molar-refractivity contribution in [1.82, 2.24) is 15.1 Å². The Balaban J connectivity index is 1.17. The van der Waals surface area contributed by atoms with Crippen LogP contribution in [0.4, 0.5) is 32.1 Å². The predicted molar refractivity (Wildman–Crippen MR) is 161 cm³/mol. The van der Waals surface area contributed by atoms with Crippen LogP contribution < -0.4 is 20.4 Å². The fourth-order valence-electron chi connectivity index (χ4n) is 6.35. The predicted octanol–water partition coefficient (Wildman–Crippen LogP) is 4.49. The summed E-state index contributed by atoms with van der Waals surface area (Å²) in [7, 11) is 0. The third-order valence-corrected chi connectivity index (χ3v) is 8.30. The molecule has 0 aliphatic carbocycles. The number of piperazine rings is 2. The number of phenolic OH excluding ortho intramolecular Hbond substituents is 1. The molecule has 222 valence electrons. The second-order valence-electron chi connectivity index (χ2n) is 12.3. The van der Waals surface area contributed by atoms with Crippen LogP contribution in [0.5, 0.6) is 5.75 Å². The molecule has 0 saturated carbocycles. The minimum atomic E-state index is -0.551. The van der Waals surface area contributed by atoms with Gasteiger partial charge in [0.15, 0.2) is 5.82 Å². The maximum absolute atomic E-state index is 15.1. The summed E-state index contributed by atoms with van der Waals surface area (Å²) in [5.74, 6) is 0.241. The number of ether oxygens (including phenoxy) is 1. The maximum atomic E-state index is 15.1. The molecule has 6 rings (SSSR count). The van der Waals surface area contributed by atoms with Gasteiger partial charge in [0.05, 0.1) is 17.1 Å². The number of para-hydroxylation sites is 1. The first-order valence-corrected chi connectivity index (χ1v) is 14.5. The number of phenols is 1. The number of hydrogen-bond acceptors (Lipinski definition) is 9. The number of fused-ring (bicyclic) bond motifs is 2. The lowest BCUT2D eigenvalue weighted by atomic mass is 10.1. The van der Waals surface area contributed by atoms with Gasteiger partial charge >= 0.3 is 6.09 Å². The van der Waals surface area contributed by atoms with Gasteiger partial charge in [0, 0.05) is 62.6 Å². The van der Waals surface area contributed by atoms with Crippen molar-refractivity contribution in [1.29, 1.82) is 0 Å². The number of anilines is 4. The van der Waals surface area contributed by atoms with E-state index in [9.17, 15) is 9.90 Å². The molecule has 3 aliphatic heterocycles. The quantitative estimate of drug-likeness (QED) is 0.465. The Morgan fingerprint density at radius 3 is 2.31 bits per heavy atom. The number of nitrogen functional groups attached to an aromatic ring is 1. The van der Waals surface area contributed by atoms with Crippen molar-refractivity contribution in [2.75, 3.05) is 59.7 Å². The Kier molecular flexibility index (Phi) is 7.20. The Morgan fingerprint density at radius 1 is 0.952 bits per heavy atom. The van der Waals surface area contributed by atoms with E-state index in [1.54, 1.807) is 23.1 Å². The monoisotopic (exact) mass is 575 g/mol. The molecule has 3 aromatic rings. The fourth-order valence-corrected chi connectivity index (χ4v) is 6.35. The Hall–Kier alpha value is -4.28. The van der Waals surface area contributed by atoms with Gasteiger partial charge in [-0.3, -0.25) is 0 Å². The lowest BCUT2D eigenvalue weighted by Crippen LogP contribution is -2.54. The number of nitrogens with zero attached hydrogens (tertiary/aromatic N) is 6. The van der Waals surface area contributed by atoms with Crippen molar-refractivity contribution in [3.05, 3.63) is 54.3 Å². The van der Waals surface area contributed by atoms with Gasteiger partial charge in [0.2, 0.25) is 0 Å². The zero-order valence-corrected chi connectivity index (χ0v) is 24.3. The molecule has 4 heterocycles. The zero-order chi connectivity index (χ0) is 29.6. The van der Waals surface area contributed by atoms with E-state index in [-0.39, 0.29) is 29.7 Å². The molecule has 3 aliphatic rings. The van der Waals surface area contributed by atoms with Crippen LogP contribution in [0.1, 0.15) is 33.6 Å². The summed E-state index contributed by atoms with van der Waals surface area (Å²) >= 11 is 0. The van der Waals surface area contributed by atoms with Crippen molar-refractivity contribution in [2.24, 2.45) is 0 Å². The highest BCUT2D eigenvalue weighted by molar-refractivity contribution is 5.75. The van der Waals surface area contributed by atoms with E-state index in [2.05, 4.69) is 20.0 Å². The first kappa shape index (κ1) is 27.9. The molecule has 42 heavy (non-hydrogen) atoms. The Morgan fingerprint density at radius 2 is 1.64 bits per heavy atom. The number of amides is 1. The van der Waals surface area contributed by atoms with Crippen LogP contribution in [0, 0.1) is 5.82 Å². The van der Waals surface area contributed by atoms with Crippen LogP contribution in [0.15, 0.2) is 48.5 Å². The Labute approximate surface area is 245 Å². The zero-order valence-electron chi connectivity index (χ0n) is 24.3. The van der Waals surface area contributed by atoms with Gasteiger partial charge in [0.1, 0.15) is 17.2 Å². The number of nitrogens with two attached hydrogens (primary N) is 1. The topological polar surface area (TPSA) is 111 Å². The van der Waals surface area contributed by atoms with Gasteiger partial charge in [-0.2, -0.15) is 0 Å². The number of aromatic hydroxyl groups is 1. The van der Waals surface area contributed by atoms with Crippen molar-refractivity contribution in [3.63, 3.8) is 0 Å². The van der Waals surface area contributed by atoms with E-state index >= 15 is 4.39 Å². The summed E-state index contributed by atoms with van der Waals surface area (Å²) in [5.41, 5.74) is 9.30. The van der Waals surface area contributed by atoms with Crippen LogP contribution in [-0.2, 0) is 4.74 Å². The molecule has 0 radical (unpaired) electrons. The lowest BCUT2D eigenvalue weighted by molar-refractivity contribution is 0.0240. The number of hydrogen-bond donors (Lipinski definition) is 2. The average molecular weight is 576 g/mol. The normalized spacial score (nSPS) is 20.7. The summed E-state index contributed by atoms with van der Waals surface area (Å²) < 4.78 is 20.6. The molecular formula is C31H38FN7O3. The largest absolute Gasteiger partial charge is 0.507 e. The number of carbonyl (C=O) groups is 1. The van der Waals surface area contributed by atoms with Crippen molar-refractivity contribution in [2.45, 2.75) is 51.3 Å². The van der Waals surface area contributed by atoms with E-state index in [1.807, 2.05) is 56.0 Å². The SMILES string of the molecule is CC(C)(C)OC(=O)N1CCN(c2cc(N3C4CCC3CN(c3cc(-c5ccccc5O)nnc3N)C4)ccc2F)CC1. The van der Waals surface area contributed by atoms with Gasteiger partial charge in [-0.1, -0.05) is 12.1 Å². The lowest BCUT2D eigenvalue weighted by Gasteiger charge is -2.44. The van der Waals surface area contributed by atoms with Crippen LogP contribution >= 0.6 is 0 Å². The molecule has 0 spiro atoms. The van der Waals surface area contributed by atoms with E-state index in [1.165, 1.54) is 0 Å². The second-order valence-corrected chi connectivity index (χ2v) is 12.3. The van der Waals surface area contributed by atoms with E-state index in [0.29, 0.717) is 48.9 Å². The molecule has 11 heteroatoms. The molecule has 1 aromatic heterocycles. The minimum absolute atomic E-state index is 0.144. The molecule has 2 unspecified atom stereocenters. The van der Waals surface area contributed by atoms with Gasteiger partial charge in [-0.25, -0.2) is 9.18 Å². The highest BCUT2D eigenvalue weighted by Gasteiger charge is 2.41. The first-order chi connectivity index (χ1) is 20.1. The smallest absolute Gasteiger partial charge is 0.410 e. The summed E-state index contributed by atoms with van der Waals surface area (Å²) in [6, 6.07) is 14.8. The maximum Gasteiger partial charge on any atom is 0.410 e. The van der Waals surface area contributed by atoms with Gasteiger partial charge in [0.25, 0.3) is 0 Å². The van der Waals surface area contributed by atoms with E-state index < -0.39 is 5.60 Å². The van der Waals surface area contributed by atoms with Gasteiger partial charge < -0.3 is 35.2 Å². The summed E-state index contributed by atoms with van der Waals surface area (Å²) in [5, 5.41) is 18.8. The van der Waals surface area contributed by atoms with E-state index in [4.69, 9.17) is 10.5 Å². The molecular weight excluding hydrogens is 537 g/mol. The first-order valence-electron chi connectivity index (χ1n) is 14.5. The van der Waals surface area contributed by atoms with Crippen LogP contribution in [0.25, 0.3) is 11.3 Å². The molecule has 3 saturated heterocycles. The molecule has 2 atom stereocenters. The summed E-state index contributed by atoms with van der Waals surface area (Å²) in [4.78, 5) is 20.9.